The number of carbonyl (C=O) groups excluding carboxylic acids is 1. The Morgan fingerprint density at radius 1 is 1.17 bits per heavy atom. The zero-order valence-electron chi connectivity index (χ0n) is 20.4. The second-order valence-corrected chi connectivity index (χ2v) is 9.83. The molecule has 5 rings (SSSR count). The average molecular weight is 504 g/mol. The fourth-order valence-electron chi connectivity index (χ4n) is 5.39. The van der Waals surface area contributed by atoms with Crippen molar-refractivity contribution in [1.82, 2.24) is 24.8 Å². The number of rotatable bonds is 5. The molecule has 2 saturated heterocycles. The Labute approximate surface area is 216 Å². The predicted molar refractivity (Wildman–Crippen MR) is 140 cm³/mol. The van der Waals surface area contributed by atoms with Crippen molar-refractivity contribution in [1.29, 1.82) is 5.26 Å². The van der Waals surface area contributed by atoms with Crippen LogP contribution >= 0.6 is 11.6 Å². The normalized spacial score (nSPS) is 19.3. The van der Waals surface area contributed by atoms with Crippen LogP contribution < -0.4 is 4.90 Å². The van der Waals surface area contributed by atoms with Gasteiger partial charge in [0.15, 0.2) is 0 Å². The molecule has 36 heavy (non-hydrogen) atoms. The highest BCUT2D eigenvalue weighted by Gasteiger charge is 2.34. The van der Waals surface area contributed by atoms with Gasteiger partial charge in [-0.05, 0) is 49.6 Å². The number of carbonyl (C=O) groups is 1. The minimum atomic E-state index is 0.0495. The van der Waals surface area contributed by atoms with Gasteiger partial charge in [-0.25, -0.2) is 9.97 Å². The molecule has 186 valence electrons. The lowest BCUT2D eigenvalue weighted by molar-refractivity contribution is 0.0491. The Kier molecular flexibility index (Phi) is 7.21. The molecule has 2 aliphatic rings. The van der Waals surface area contributed by atoms with Crippen LogP contribution in [-0.2, 0) is 0 Å². The third-order valence-electron chi connectivity index (χ3n) is 7.37. The number of nitrogens with one attached hydrogen (secondary N) is 1. The fourth-order valence-corrected chi connectivity index (χ4v) is 5.68. The van der Waals surface area contributed by atoms with E-state index in [1.165, 1.54) is 0 Å². The molecule has 0 aliphatic carbocycles. The highest BCUT2D eigenvalue weighted by molar-refractivity contribution is 6.33. The van der Waals surface area contributed by atoms with E-state index in [4.69, 9.17) is 16.9 Å². The van der Waals surface area contributed by atoms with Crippen molar-refractivity contribution >= 4 is 23.3 Å². The summed E-state index contributed by atoms with van der Waals surface area (Å²) < 4.78 is 0. The monoisotopic (exact) mass is 503 g/mol. The number of H-pyrrole nitrogens is 1. The highest BCUT2D eigenvalue weighted by atomic mass is 35.5. The summed E-state index contributed by atoms with van der Waals surface area (Å²) in [5.41, 5.74) is 2.09. The van der Waals surface area contributed by atoms with Crippen LogP contribution in [0.3, 0.4) is 0 Å². The minimum absolute atomic E-state index is 0.0495. The van der Waals surface area contributed by atoms with E-state index in [2.05, 4.69) is 37.7 Å². The lowest BCUT2D eigenvalue weighted by atomic mass is 9.97. The molecule has 2 fully saturated rings. The topological polar surface area (TPSA) is 92.2 Å². The molecule has 0 radical (unpaired) electrons. The van der Waals surface area contributed by atoms with Crippen LogP contribution in [0.5, 0.6) is 0 Å². The van der Waals surface area contributed by atoms with Crippen LogP contribution in [0.15, 0.2) is 48.9 Å². The molecule has 2 aliphatic heterocycles. The number of amides is 1. The van der Waals surface area contributed by atoms with Gasteiger partial charge in [-0.15, -0.1) is 0 Å². The first-order chi connectivity index (χ1) is 17.6. The van der Waals surface area contributed by atoms with E-state index >= 15 is 0 Å². The number of hydrogen-bond donors (Lipinski definition) is 1. The first kappa shape index (κ1) is 24.3. The molecular formula is C27H30ClN7O. The minimum Gasteiger partial charge on any atom is -0.353 e. The molecule has 8 nitrogen and oxygen atoms in total. The molecular weight excluding hydrogens is 474 g/mol. The van der Waals surface area contributed by atoms with E-state index < -0.39 is 0 Å². The summed E-state index contributed by atoms with van der Waals surface area (Å²) in [5, 5.41) is 9.63. The van der Waals surface area contributed by atoms with Gasteiger partial charge in [-0.1, -0.05) is 18.5 Å². The third kappa shape index (κ3) is 4.95. The SMILES string of the molecule is CCC1CN(c2ncc(-c3ncc[nH]3)cc2Cl)CCN1C1CCN(C(=O)c2ccc(C#N)cc2)CC1. The maximum atomic E-state index is 12.9. The number of nitrogens with zero attached hydrogens (tertiary/aromatic N) is 6. The molecule has 1 N–H and O–H groups in total. The average Bonchev–Trinajstić information content (AvgIpc) is 3.48. The van der Waals surface area contributed by atoms with E-state index in [0.717, 1.165) is 69.2 Å². The standard InChI is InChI=1S/C27H30ClN7O/c1-2-22-18-34(26-24(28)15-21(17-32-26)25-30-9-10-31-25)13-14-35(22)23-7-11-33(12-8-23)27(36)20-5-3-19(16-29)4-6-20/h3-6,9-10,15,17,22-23H,2,7-8,11-14,18H2,1H3,(H,30,31). The third-order valence-corrected chi connectivity index (χ3v) is 7.65. The van der Waals surface area contributed by atoms with E-state index in [1.54, 1.807) is 36.7 Å². The number of piperazine rings is 1. The van der Waals surface area contributed by atoms with Crippen molar-refractivity contribution < 1.29 is 4.79 Å². The Bertz CT molecular complexity index is 1230. The van der Waals surface area contributed by atoms with Crippen LogP contribution in [0, 0.1) is 11.3 Å². The highest BCUT2D eigenvalue weighted by Crippen LogP contribution is 2.31. The number of likely N-dealkylation sites (tertiary alicyclic amines) is 1. The predicted octanol–water partition coefficient (Wildman–Crippen LogP) is 4.20. The summed E-state index contributed by atoms with van der Waals surface area (Å²) in [7, 11) is 0. The summed E-state index contributed by atoms with van der Waals surface area (Å²) in [6.07, 6.45) is 8.31. The van der Waals surface area contributed by atoms with E-state index in [-0.39, 0.29) is 5.91 Å². The summed E-state index contributed by atoms with van der Waals surface area (Å²) >= 11 is 6.66. The zero-order valence-corrected chi connectivity index (χ0v) is 21.2. The molecule has 0 spiro atoms. The number of halogens is 1. The second kappa shape index (κ2) is 10.7. The molecule has 4 heterocycles. The summed E-state index contributed by atoms with van der Waals surface area (Å²) in [4.78, 5) is 31.9. The quantitative estimate of drug-likeness (QED) is 0.561. The van der Waals surface area contributed by atoms with Crippen molar-refractivity contribution in [2.75, 3.05) is 37.6 Å². The van der Waals surface area contributed by atoms with E-state index in [1.807, 2.05) is 17.2 Å². The number of benzene rings is 1. The number of hydrogen-bond acceptors (Lipinski definition) is 6. The van der Waals surface area contributed by atoms with Crippen molar-refractivity contribution in [3.8, 4) is 17.5 Å². The molecule has 1 unspecified atom stereocenters. The molecule has 0 bridgehead atoms. The van der Waals surface area contributed by atoms with Crippen LogP contribution in [0.25, 0.3) is 11.4 Å². The molecule has 1 aromatic carbocycles. The maximum Gasteiger partial charge on any atom is 0.253 e. The lowest BCUT2D eigenvalue weighted by Gasteiger charge is -2.47. The number of anilines is 1. The van der Waals surface area contributed by atoms with Crippen LogP contribution in [0.4, 0.5) is 5.82 Å². The molecule has 0 saturated carbocycles. The van der Waals surface area contributed by atoms with Crippen molar-refractivity contribution in [2.45, 2.75) is 38.3 Å². The summed E-state index contributed by atoms with van der Waals surface area (Å²) in [6.45, 7) is 6.44. The Morgan fingerprint density at radius 2 is 1.94 bits per heavy atom. The van der Waals surface area contributed by atoms with Gasteiger partial charge in [0.25, 0.3) is 5.91 Å². The number of nitriles is 1. The number of aromatic nitrogens is 3. The first-order valence-electron chi connectivity index (χ1n) is 12.5. The van der Waals surface area contributed by atoms with Crippen molar-refractivity contribution in [3.63, 3.8) is 0 Å². The van der Waals surface area contributed by atoms with Gasteiger partial charge in [0.1, 0.15) is 11.6 Å². The smallest absolute Gasteiger partial charge is 0.253 e. The van der Waals surface area contributed by atoms with Crippen LogP contribution in [0.1, 0.15) is 42.1 Å². The molecule has 3 aromatic rings. The summed E-state index contributed by atoms with van der Waals surface area (Å²) in [5.74, 6) is 1.64. The van der Waals surface area contributed by atoms with Gasteiger partial charge in [0, 0.05) is 74.5 Å². The Balaban J connectivity index is 1.20. The number of aromatic amines is 1. The molecule has 9 heteroatoms. The molecule has 2 aromatic heterocycles. The van der Waals surface area contributed by atoms with Crippen molar-refractivity contribution in [3.05, 3.63) is 65.1 Å². The van der Waals surface area contributed by atoms with E-state index in [9.17, 15) is 4.79 Å². The molecule has 1 amide bonds. The fraction of sp³-hybridized carbons (Fsp3) is 0.407. The Morgan fingerprint density at radius 3 is 2.58 bits per heavy atom. The van der Waals surface area contributed by atoms with Gasteiger partial charge < -0.3 is 14.8 Å². The summed E-state index contributed by atoms with van der Waals surface area (Å²) in [6, 6.07) is 11.8. The van der Waals surface area contributed by atoms with Gasteiger partial charge in [0.2, 0.25) is 0 Å². The van der Waals surface area contributed by atoms with Gasteiger partial charge >= 0.3 is 0 Å². The molecule has 1 atom stereocenters. The van der Waals surface area contributed by atoms with Crippen molar-refractivity contribution in [2.24, 2.45) is 0 Å². The van der Waals surface area contributed by atoms with Crippen LogP contribution in [0.2, 0.25) is 5.02 Å². The number of pyridine rings is 1. The Hall–Kier alpha value is -3.41. The van der Waals surface area contributed by atoms with Gasteiger partial charge in [0.05, 0.1) is 16.7 Å². The van der Waals surface area contributed by atoms with E-state index in [0.29, 0.717) is 28.2 Å². The lowest BCUT2D eigenvalue weighted by Crippen LogP contribution is -2.58. The maximum absolute atomic E-state index is 12.9. The first-order valence-corrected chi connectivity index (χ1v) is 12.9. The van der Waals surface area contributed by atoms with Crippen LogP contribution in [-0.4, -0.2) is 75.5 Å². The number of imidazole rings is 1. The number of piperidine rings is 1. The largest absolute Gasteiger partial charge is 0.353 e. The van der Waals surface area contributed by atoms with Gasteiger partial charge in [-0.2, -0.15) is 5.26 Å². The second-order valence-electron chi connectivity index (χ2n) is 9.43. The van der Waals surface area contributed by atoms with Gasteiger partial charge in [-0.3, -0.25) is 9.69 Å². The zero-order chi connectivity index (χ0) is 25.1.